The summed E-state index contributed by atoms with van der Waals surface area (Å²) in [6.07, 6.45) is 14.2. The van der Waals surface area contributed by atoms with Crippen LogP contribution in [0, 0.1) is 0 Å². The Labute approximate surface area is 144 Å². The van der Waals surface area contributed by atoms with Gasteiger partial charge in [0.05, 0.1) is 0 Å². The van der Waals surface area contributed by atoms with E-state index in [0.717, 1.165) is 32.1 Å². The van der Waals surface area contributed by atoms with Gasteiger partial charge in [-0.3, -0.25) is 0 Å². The number of hydrogen-bond acceptors (Lipinski definition) is 4. The van der Waals surface area contributed by atoms with E-state index >= 15 is 0 Å². The van der Waals surface area contributed by atoms with Gasteiger partial charge < -0.3 is 20.9 Å². The summed E-state index contributed by atoms with van der Waals surface area (Å²) in [5.41, 5.74) is 5.71. The second kappa shape index (κ2) is 12.8. The van der Waals surface area contributed by atoms with Crippen molar-refractivity contribution in [2.24, 2.45) is 5.73 Å². The minimum Gasteiger partial charge on any atom is -0.429 e. The highest BCUT2D eigenvalue weighted by Gasteiger charge is 2.22. The van der Waals surface area contributed by atoms with Crippen molar-refractivity contribution in [2.75, 3.05) is 6.54 Å². The molecule has 1 unspecified atom stereocenters. The number of nitrogens with one attached hydrogen (secondary N) is 1. The first-order chi connectivity index (χ1) is 11.6. The lowest BCUT2D eigenvalue weighted by Crippen LogP contribution is -2.29. The molecular formula is C18H32N2O4. The van der Waals surface area contributed by atoms with Gasteiger partial charge in [0.15, 0.2) is 0 Å². The molecule has 4 N–H and O–H groups in total. The maximum Gasteiger partial charge on any atom is 0.333 e. The number of carbonyl (C=O) groups excluding carboxylic acids is 2. The number of primary amides is 1. The summed E-state index contributed by atoms with van der Waals surface area (Å²) in [5.74, 6) is -0.429. The number of ether oxygens (including phenoxy) is 1. The molecule has 24 heavy (non-hydrogen) atoms. The lowest BCUT2D eigenvalue weighted by atomic mass is 10.0. The highest BCUT2D eigenvalue weighted by Crippen LogP contribution is 2.20. The molecule has 1 aliphatic heterocycles. The van der Waals surface area contributed by atoms with Gasteiger partial charge in [-0.1, -0.05) is 57.8 Å². The van der Waals surface area contributed by atoms with Gasteiger partial charge in [-0.05, 0) is 19.3 Å². The molecule has 6 nitrogen and oxygen atoms in total. The number of esters is 1. The van der Waals surface area contributed by atoms with Crippen molar-refractivity contribution >= 4 is 12.0 Å². The minimum atomic E-state index is -1.01. The van der Waals surface area contributed by atoms with Crippen molar-refractivity contribution in [3.05, 3.63) is 11.6 Å². The molecule has 0 aromatic rings. The molecule has 0 aliphatic carbocycles. The van der Waals surface area contributed by atoms with Crippen LogP contribution in [-0.2, 0) is 9.53 Å². The van der Waals surface area contributed by atoms with E-state index in [1.54, 1.807) is 0 Å². The van der Waals surface area contributed by atoms with Crippen LogP contribution in [0.2, 0.25) is 0 Å². The molecule has 1 aliphatic rings. The van der Waals surface area contributed by atoms with Gasteiger partial charge in [0.25, 0.3) is 0 Å². The number of cyclic esters (lactones) is 1. The lowest BCUT2D eigenvalue weighted by molar-refractivity contribution is -0.151. The maximum absolute atomic E-state index is 10.9. The molecule has 1 heterocycles. The Morgan fingerprint density at radius 1 is 1.00 bits per heavy atom. The fourth-order valence-electron chi connectivity index (χ4n) is 2.89. The zero-order chi connectivity index (χ0) is 17.6. The fourth-order valence-corrected chi connectivity index (χ4v) is 2.89. The number of aliphatic hydroxyl groups is 1. The smallest absolute Gasteiger partial charge is 0.333 e. The van der Waals surface area contributed by atoms with Crippen LogP contribution in [0.3, 0.4) is 0 Å². The zero-order valence-electron chi connectivity index (χ0n) is 14.6. The van der Waals surface area contributed by atoms with Gasteiger partial charge in [0.2, 0.25) is 6.29 Å². The van der Waals surface area contributed by atoms with Gasteiger partial charge in [-0.25, -0.2) is 9.59 Å². The molecule has 0 aromatic carbocycles. The average molecular weight is 340 g/mol. The Bertz CT molecular complexity index is 410. The Hall–Kier alpha value is -1.56. The molecule has 0 fully saturated rings. The van der Waals surface area contributed by atoms with Crippen molar-refractivity contribution in [3.63, 3.8) is 0 Å². The quantitative estimate of drug-likeness (QED) is 0.334. The number of rotatable bonds is 14. The molecule has 1 atom stereocenters. The molecule has 0 spiro atoms. The van der Waals surface area contributed by atoms with Crippen LogP contribution < -0.4 is 11.1 Å². The van der Waals surface area contributed by atoms with Gasteiger partial charge in [-0.2, -0.15) is 0 Å². The second-order valence-corrected chi connectivity index (χ2v) is 6.44. The van der Waals surface area contributed by atoms with Gasteiger partial charge in [-0.15, -0.1) is 0 Å². The summed E-state index contributed by atoms with van der Waals surface area (Å²) in [6, 6.07) is -0.437. The molecule has 2 amide bonds. The standard InChI is InChI=1S/C18H32N2O4/c19-18(23)20-13-11-9-7-5-3-1-2-4-6-8-10-12-15-14-16(21)24-17(15)22/h14,17,22H,1-13H2,(H3,19,20,23). The van der Waals surface area contributed by atoms with Crippen molar-refractivity contribution in [1.29, 1.82) is 0 Å². The van der Waals surface area contributed by atoms with Crippen molar-refractivity contribution in [3.8, 4) is 0 Å². The number of nitrogens with two attached hydrogens (primary N) is 1. The molecule has 6 heteroatoms. The highest BCUT2D eigenvalue weighted by atomic mass is 16.6. The topological polar surface area (TPSA) is 102 Å². The predicted molar refractivity (Wildman–Crippen MR) is 93.2 cm³/mol. The van der Waals surface area contributed by atoms with Crippen LogP contribution in [0.5, 0.6) is 0 Å². The van der Waals surface area contributed by atoms with E-state index in [1.165, 1.54) is 51.0 Å². The normalized spacial score (nSPS) is 16.8. The largest absolute Gasteiger partial charge is 0.429 e. The molecule has 0 radical (unpaired) electrons. The third-order valence-corrected chi connectivity index (χ3v) is 4.29. The minimum absolute atomic E-state index is 0.429. The van der Waals surface area contributed by atoms with Gasteiger partial charge in [0, 0.05) is 18.2 Å². The van der Waals surface area contributed by atoms with E-state index in [0.29, 0.717) is 12.1 Å². The van der Waals surface area contributed by atoms with Gasteiger partial charge in [0.1, 0.15) is 0 Å². The summed E-state index contributed by atoms with van der Waals surface area (Å²) < 4.78 is 4.65. The number of unbranched alkanes of at least 4 members (excludes halogenated alkanes) is 10. The average Bonchev–Trinajstić information content (AvgIpc) is 2.85. The zero-order valence-corrected chi connectivity index (χ0v) is 14.6. The Balaban J connectivity index is 1.77. The van der Waals surface area contributed by atoms with Crippen molar-refractivity contribution in [1.82, 2.24) is 5.32 Å². The number of amides is 2. The maximum atomic E-state index is 10.9. The molecule has 0 saturated carbocycles. The SMILES string of the molecule is NC(=O)NCCCCCCCCCCCCCC1=CC(=O)OC1O. The van der Waals surface area contributed by atoms with Crippen LogP contribution in [0.1, 0.15) is 77.0 Å². The third-order valence-electron chi connectivity index (χ3n) is 4.29. The van der Waals surface area contributed by atoms with E-state index in [9.17, 15) is 14.7 Å². The van der Waals surface area contributed by atoms with E-state index in [4.69, 9.17) is 5.73 Å². The molecule has 1 rings (SSSR count). The lowest BCUT2D eigenvalue weighted by Gasteiger charge is -2.07. The third kappa shape index (κ3) is 10.3. The van der Waals surface area contributed by atoms with Gasteiger partial charge >= 0.3 is 12.0 Å². The highest BCUT2D eigenvalue weighted by molar-refractivity contribution is 5.85. The Kier molecular flexibility index (Phi) is 10.9. The van der Waals surface area contributed by atoms with Crippen LogP contribution >= 0.6 is 0 Å². The van der Waals surface area contributed by atoms with Crippen molar-refractivity contribution in [2.45, 2.75) is 83.3 Å². The summed E-state index contributed by atoms with van der Waals surface area (Å²) in [6.45, 7) is 0.684. The number of carbonyl (C=O) groups is 2. The first kappa shape index (κ1) is 20.5. The van der Waals surface area contributed by atoms with Crippen LogP contribution in [0.25, 0.3) is 0 Å². The monoisotopic (exact) mass is 340 g/mol. The molecule has 0 saturated heterocycles. The summed E-state index contributed by atoms with van der Waals surface area (Å²) in [4.78, 5) is 21.4. The Morgan fingerprint density at radius 2 is 1.50 bits per heavy atom. The molecular weight excluding hydrogens is 308 g/mol. The number of aliphatic hydroxyl groups excluding tert-OH is 1. The van der Waals surface area contributed by atoms with Crippen LogP contribution in [0.15, 0.2) is 11.6 Å². The van der Waals surface area contributed by atoms with E-state index in [-0.39, 0.29) is 0 Å². The van der Waals surface area contributed by atoms with Crippen LogP contribution in [-0.4, -0.2) is 29.9 Å². The summed E-state index contributed by atoms with van der Waals surface area (Å²) >= 11 is 0. The van der Waals surface area contributed by atoms with E-state index in [2.05, 4.69) is 10.1 Å². The Morgan fingerprint density at radius 3 is 1.96 bits per heavy atom. The number of urea groups is 1. The second-order valence-electron chi connectivity index (χ2n) is 6.44. The fraction of sp³-hybridized carbons (Fsp3) is 0.778. The molecule has 0 bridgehead atoms. The van der Waals surface area contributed by atoms with E-state index in [1.807, 2.05) is 0 Å². The van der Waals surface area contributed by atoms with E-state index < -0.39 is 18.3 Å². The summed E-state index contributed by atoms with van der Waals surface area (Å²) in [5, 5.41) is 12.0. The van der Waals surface area contributed by atoms with Crippen molar-refractivity contribution < 1.29 is 19.4 Å². The summed E-state index contributed by atoms with van der Waals surface area (Å²) in [7, 11) is 0. The first-order valence-corrected chi connectivity index (χ1v) is 9.22. The predicted octanol–water partition coefficient (Wildman–Crippen LogP) is 3.14. The van der Waals surface area contributed by atoms with Crippen LogP contribution in [0.4, 0.5) is 4.79 Å². The molecule has 0 aromatic heterocycles. The number of hydrogen-bond donors (Lipinski definition) is 3. The molecule has 138 valence electrons. The first-order valence-electron chi connectivity index (χ1n) is 9.22.